The van der Waals surface area contributed by atoms with E-state index in [1.54, 1.807) is 13.2 Å². The van der Waals surface area contributed by atoms with Gasteiger partial charge in [-0.2, -0.15) is 0 Å². The average Bonchev–Trinajstić information content (AvgIpc) is 2.11. The van der Waals surface area contributed by atoms with Crippen LogP contribution in [-0.2, 0) is 11.3 Å². The number of hydrogen-bond donors (Lipinski definition) is 1. The Labute approximate surface area is 82.2 Å². The fraction of sp³-hybridized carbons (Fsp3) is 0.222. The molecular weight excluding hydrogens is 188 g/mol. The number of ether oxygens (including phenoxy) is 1. The monoisotopic (exact) mass is 198 g/mol. The van der Waals surface area contributed by atoms with Crippen molar-refractivity contribution in [3.63, 3.8) is 0 Å². The lowest BCUT2D eigenvalue weighted by atomic mass is 10.1. The Kier molecular flexibility index (Phi) is 3.28. The highest BCUT2D eigenvalue weighted by Crippen LogP contribution is 2.33. The first-order valence-corrected chi connectivity index (χ1v) is 4.11. The summed E-state index contributed by atoms with van der Waals surface area (Å²) in [5.41, 5.74) is 7.71. The third-order valence-electron chi connectivity index (χ3n) is 1.72. The Bertz CT molecular complexity index is 326. The topological polar surface area (TPSA) is 47.6 Å². The average molecular weight is 199 g/mol. The molecular formula is C9H11ClN2O. The van der Waals surface area contributed by atoms with Crippen molar-refractivity contribution >= 4 is 29.7 Å². The fourth-order valence-electron chi connectivity index (χ4n) is 1.07. The molecule has 0 bridgehead atoms. The first-order valence-electron chi connectivity index (χ1n) is 3.73. The number of benzene rings is 1. The maximum Gasteiger partial charge on any atom is 0.104 e. The summed E-state index contributed by atoms with van der Waals surface area (Å²) in [7, 11) is 1.61. The number of hydrogen-bond acceptors (Lipinski definition) is 3. The van der Waals surface area contributed by atoms with Crippen LogP contribution in [0.25, 0.3) is 0 Å². The summed E-state index contributed by atoms with van der Waals surface area (Å²) >= 11 is 5.85. The number of halogens is 1. The predicted molar refractivity (Wildman–Crippen MR) is 55.8 cm³/mol. The maximum absolute atomic E-state index is 5.85. The van der Waals surface area contributed by atoms with Crippen molar-refractivity contribution in [2.75, 3.05) is 12.8 Å². The molecule has 0 heterocycles. The van der Waals surface area contributed by atoms with Crippen LogP contribution >= 0.6 is 11.6 Å². The number of nitrogens with zero attached hydrogens (tertiary/aromatic N) is 1. The Morgan fingerprint density at radius 3 is 2.85 bits per heavy atom. The fourth-order valence-corrected chi connectivity index (χ4v) is 1.29. The highest BCUT2D eigenvalue weighted by molar-refractivity contribution is 6.33. The second kappa shape index (κ2) is 4.25. The van der Waals surface area contributed by atoms with E-state index in [1.807, 2.05) is 6.07 Å². The van der Waals surface area contributed by atoms with Gasteiger partial charge in [-0.25, -0.2) is 0 Å². The Balaban J connectivity index is 3.19. The van der Waals surface area contributed by atoms with E-state index in [4.69, 9.17) is 22.1 Å². The van der Waals surface area contributed by atoms with E-state index >= 15 is 0 Å². The van der Waals surface area contributed by atoms with Gasteiger partial charge in [0.15, 0.2) is 0 Å². The molecule has 0 atom stereocenters. The zero-order chi connectivity index (χ0) is 9.84. The zero-order valence-corrected chi connectivity index (χ0v) is 8.14. The Morgan fingerprint density at radius 2 is 2.31 bits per heavy atom. The van der Waals surface area contributed by atoms with Crippen molar-refractivity contribution in [3.05, 3.63) is 22.7 Å². The van der Waals surface area contributed by atoms with Crippen molar-refractivity contribution in [2.24, 2.45) is 4.99 Å². The molecule has 0 unspecified atom stereocenters. The van der Waals surface area contributed by atoms with Gasteiger partial charge in [0.2, 0.25) is 0 Å². The first-order chi connectivity index (χ1) is 6.20. The van der Waals surface area contributed by atoms with Crippen molar-refractivity contribution in [2.45, 2.75) is 6.61 Å². The minimum atomic E-state index is 0.450. The number of nitrogen functional groups attached to an aromatic ring is 1. The van der Waals surface area contributed by atoms with Crippen LogP contribution in [0.2, 0.25) is 5.02 Å². The van der Waals surface area contributed by atoms with Crippen LogP contribution in [-0.4, -0.2) is 13.8 Å². The van der Waals surface area contributed by atoms with Crippen molar-refractivity contribution < 1.29 is 4.74 Å². The quantitative estimate of drug-likeness (QED) is 0.599. The van der Waals surface area contributed by atoms with Gasteiger partial charge in [-0.3, -0.25) is 4.99 Å². The van der Waals surface area contributed by atoms with Crippen LogP contribution in [0.15, 0.2) is 17.1 Å². The highest BCUT2D eigenvalue weighted by Gasteiger charge is 2.07. The molecule has 0 saturated carbocycles. The van der Waals surface area contributed by atoms with Gasteiger partial charge < -0.3 is 10.5 Å². The summed E-state index contributed by atoms with van der Waals surface area (Å²) in [5.74, 6) is 0. The molecule has 0 saturated heterocycles. The van der Waals surface area contributed by atoms with Gasteiger partial charge in [-0.05, 0) is 12.8 Å². The van der Waals surface area contributed by atoms with Gasteiger partial charge >= 0.3 is 0 Å². The van der Waals surface area contributed by atoms with E-state index in [0.29, 0.717) is 23.0 Å². The SMILES string of the molecule is C=Nc1c(Cl)ccc(COC)c1N. The van der Waals surface area contributed by atoms with Gasteiger partial charge in [0.1, 0.15) is 5.69 Å². The van der Waals surface area contributed by atoms with E-state index in [9.17, 15) is 0 Å². The van der Waals surface area contributed by atoms with Gasteiger partial charge in [-0.15, -0.1) is 0 Å². The van der Waals surface area contributed by atoms with Crippen molar-refractivity contribution in [3.8, 4) is 0 Å². The minimum Gasteiger partial charge on any atom is -0.397 e. The van der Waals surface area contributed by atoms with E-state index in [-0.39, 0.29) is 0 Å². The zero-order valence-electron chi connectivity index (χ0n) is 7.38. The van der Waals surface area contributed by atoms with Crippen molar-refractivity contribution in [1.82, 2.24) is 0 Å². The molecule has 1 aromatic rings. The normalized spacial score (nSPS) is 10.0. The number of anilines is 1. The second-order valence-electron chi connectivity index (χ2n) is 2.56. The number of nitrogens with two attached hydrogens (primary N) is 1. The lowest BCUT2D eigenvalue weighted by Crippen LogP contribution is -1.96. The summed E-state index contributed by atoms with van der Waals surface area (Å²) in [4.78, 5) is 3.75. The van der Waals surface area contributed by atoms with Crippen LogP contribution in [0.3, 0.4) is 0 Å². The molecule has 70 valence electrons. The molecule has 3 nitrogen and oxygen atoms in total. The summed E-state index contributed by atoms with van der Waals surface area (Å²) in [6, 6.07) is 3.55. The van der Waals surface area contributed by atoms with E-state index < -0.39 is 0 Å². The Morgan fingerprint density at radius 1 is 1.62 bits per heavy atom. The van der Waals surface area contributed by atoms with Crippen LogP contribution in [0.5, 0.6) is 0 Å². The molecule has 13 heavy (non-hydrogen) atoms. The molecule has 1 aromatic carbocycles. The van der Waals surface area contributed by atoms with Gasteiger partial charge in [0.05, 0.1) is 17.3 Å². The number of rotatable bonds is 3. The first kappa shape index (κ1) is 10.0. The number of methoxy groups -OCH3 is 1. The second-order valence-corrected chi connectivity index (χ2v) is 2.97. The molecule has 0 spiro atoms. The third-order valence-corrected chi connectivity index (χ3v) is 2.02. The van der Waals surface area contributed by atoms with Crippen LogP contribution in [0, 0.1) is 0 Å². The van der Waals surface area contributed by atoms with E-state index in [2.05, 4.69) is 11.7 Å². The molecule has 0 aliphatic heterocycles. The van der Waals surface area contributed by atoms with Crippen LogP contribution in [0.1, 0.15) is 5.56 Å². The molecule has 0 fully saturated rings. The van der Waals surface area contributed by atoms with Gasteiger partial charge in [-0.1, -0.05) is 17.7 Å². The van der Waals surface area contributed by atoms with E-state index in [0.717, 1.165) is 5.56 Å². The molecule has 1 rings (SSSR count). The standard InChI is InChI=1S/C9H11ClN2O/c1-12-9-7(10)4-3-6(5-13-2)8(9)11/h3-4H,1,5,11H2,2H3. The summed E-state index contributed by atoms with van der Waals surface area (Å²) < 4.78 is 4.96. The van der Waals surface area contributed by atoms with Crippen LogP contribution < -0.4 is 5.73 Å². The minimum absolute atomic E-state index is 0.450. The predicted octanol–water partition coefficient (Wildman–Crippen LogP) is 2.40. The maximum atomic E-state index is 5.85. The summed E-state index contributed by atoms with van der Waals surface area (Å²) in [5, 5.41) is 0.507. The molecule has 4 heteroatoms. The van der Waals surface area contributed by atoms with Gasteiger partial charge in [0, 0.05) is 12.7 Å². The van der Waals surface area contributed by atoms with Crippen LogP contribution in [0.4, 0.5) is 11.4 Å². The molecule has 0 radical (unpaired) electrons. The highest BCUT2D eigenvalue weighted by atomic mass is 35.5. The molecule has 2 N–H and O–H groups in total. The molecule has 0 amide bonds. The molecule has 0 aliphatic carbocycles. The lowest BCUT2D eigenvalue weighted by molar-refractivity contribution is 0.185. The summed E-state index contributed by atoms with van der Waals surface area (Å²) in [6.45, 7) is 3.85. The largest absolute Gasteiger partial charge is 0.397 e. The third kappa shape index (κ3) is 1.99. The smallest absolute Gasteiger partial charge is 0.104 e. The Hall–Kier alpha value is -1.06. The van der Waals surface area contributed by atoms with E-state index in [1.165, 1.54) is 0 Å². The van der Waals surface area contributed by atoms with Crippen molar-refractivity contribution in [1.29, 1.82) is 0 Å². The number of aliphatic imine (C=N–C) groups is 1. The lowest BCUT2D eigenvalue weighted by Gasteiger charge is -2.08. The van der Waals surface area contributed by atoms with Gasteiger partial charge in [0.25, 0.3) is 0 Å². The summed E-state index contributed by atoms with van der Waals surface area (Å²) in [6.07, 6.45) is 0. The molecule has 0 aromatic heterocycles. The molecule has 0 aliphatic rings.